The van der Waals surface area contributed by atoms with Crippen molar-refractivity contribution in [3.63, 3.8) is 0 Å². The van der Waals surface area contributed by atoms with Gasteiger partial charge in [0.2, 0.25) is 0 Å². The molecular formula is C26H17BrF12O2. The molecule has 3 aromatic rings. The highest BCUT2D eigenvalue weighted by molar-refractivity contribution is 9.09. The van der Waals surface area contributed by atoms with E-state index in [9.17, 15) is 52.7 Å². The lowest BCUT2D eigenvalue weighted by molar-refractivity contribution is -0.157. The molecule has 3 aromatic carbocycles. The quantitative estimate of drug-likeness (QED) is 0.135. The van der Waals surface area contributed by atoms with Crippen LogP contribution in [-0.2, 0) is 47.4 Å². The summed E-state index contributed by atoms with van der Waals surface area (Å²) < 4.78 is 170. The Morgan fingerprint density at radius 3 is 1.12 bits per heavy atom. The van der Waals surface area contributed by atoms with Crippen LogP contribution in [0.5, 0.6) is 0 Å². The SMILES string of the molecule is FC(F)(F)c1cc(COC(OCc2cc(C(F)(F)F)cc(C(F)(F)F)c2)C(Br)c2ccccc2)cc(C(F)(F)F)c1. The molecule has 0 bridgehead atoms. The molecule has 0 aromatic heterocycles. The van der Waals surface area contributed by atoms with Crippen LogP contribution in [0.2, 0.25) is 0 Å². The predicted molar refractivity (Wildman–Crippen MR) is 124 cm³/mol. The molecule has 3 rings (SSSR count). The van der Waals surface area contributed by atoms with E-state index in [1.807, 2.05) is 0 Å². The summed E-state index contributed by atoms with van der Waals surface area (Å²) in [5.41, 5.74) is -7.14. The summed E-state index contributed by atoms with van der Waals surface area (Å²) in [7, 11) is 0. The van der Waals surface area contributed by atoms with Crippen LogP contribution < -0.4 is 0 Å². The van der Waals surface area contributed by atoms with Gasteiger partial charge in [0.1, 0.15) is 0 Å². The molecule has 0 aliphatic rings. The first-order valence-electron chi connectivity index (χ1n) is 11.2. The topological polar surface area (TPSA) is 18.5 Å². The number of alkyl halides is 13. The first kappa shape index (κ1) is 32.7. The Morgan fingerprint density at radius 2 is 0.829 bits per heavy atom. The fourth-order valence-corrected chi connectivity index (χ4v) is 4.18. The van der Waals surface area contributed by atoms with E-state index in [0.717, 1.165) is 0 Å². The van der Waals surface area contributed by atoms with Crippen molar-refractivity contribution in [3.8, 4) is 0 Å². The number of hydrogen-bond acceptors (Lipinski definition) is 2. The third-order valence-electron chi connectivity index (χ3n) is 5.48. The lowest BCUT2D eigenvalue weighted by Crippen LogP contribution is -2.23. The third-order valence-corrected chi connectivity index (χ3v) is 6.44. The molecule has 15 heteroatoms. The van der Waals surface area contributed by atoms with Gasteiger partial charge in [0.05, 0.1) is 40.3 Å². The molecule has 1 atom stereocenters. The van der Waals surface area contributed by atoms with Crippen LogP contribution in [0, 0.1) is 0 Å². The monoisotopic (exact) mass is 668 g/mol. The van der Waals surface area contributed by atoms with Crippen molar-refractivity contribution >= 4 is 15.9 Å². The fraction of sp³-hybridized carbons (Fsp3) is 0.308. The highest BCUT2D eigenvalue weighted by atomic mass is 79.9. The van der Waals surface area contributed by atoms with Gasteiger partial charge in [0.15, 0.2) is 6.29 Å². The summed E-state index contributed by atoms with van der Waals surface area (Å²) in [5.74, 6) is 0. The second kappa shape index (κ2) is 12.2. The first-order valence-corrected chi connectivity index (χ1v) is 12.2. The average Bonchev–Trinajstić information content (AvgIpc) is 2.86. The smallest absolute Gasteiger partial charge is 0.346 e. The van der Waals surface area contributed by atoms with Crippen LogP contribution in [0.4, 0.5) is 52.7 Å². The highest BCUT2D eigenvalue weighted by Gasteiger charge is 2.38. The van der Waals surface area contributed by atoms with Crippen LogP contribution in [0.1, 0.15) is 43.8 Å². The van der Waals surface area contributed by atoms with Crippen LogP contribution >= 0.6 is 15.9 Å². The Balaban J connectivity index is 1.93. The van der Waals surface area contributed by atoms with Gasteiger partial charge in [-0.3, -0.25) is 0 Å². The Morgan fingerprint density at radius 1 is 0.512 bits per heavy atom. The number of benzene rings is 3. The van der Waals surface area contributed by atoms with Crippen molar-refractivity contribution in [2.24, 2.45) is 0 Å². The van der Waals surface area contributed by atoms with Crippen LogP contribution in [0.25, 0.3) is 0 Å². The number of ether oxygens (including phenoxy) is 2. The molecule has 41 heavy (non-hydrogen) atoms. The molecule has 0 radical (unpaired) electrons. The van der Waals surface area contributed by atoms with E-state index < -0.39 is 82.4 Å². The maximum Gasteiger partial charge on any atom is 0.416 e. The first-order chi connectivity index (χ1) is 18.7. The van der Waals surface area contributed by atoms with Gasteiger partial charge in [-0.15, -0.1) is 0 Å². The second-order valence-corrected chi connectivity index (χ2v) is 9.62. The van der Waals surface area contributed by atoms with Crippen molar-refractivity contribution < 1.29 is 62.2 Å². The van der Waals surface area contributed by atoms with Crippen molar-refractivity contribution in [1.82, 2.24) is 0 Å². The van der Waals surface area contributed by atoms with E-state index in [4.69, 9.17) is 9.47 Å². The third kappa shape index (κ3) is 9.10. The molecule has 2 nitrogen and oxygen atoms in total. The molecule has 0 spiro atoms. The molecule has 0 saturated heterocycles. The van der Waals surface area contributed by atoms with Crippen LogP contribution in [-0.4, -0.2) is 6.29 Å². The number of hydrogen-bond donors (Lipinski definition) is 0. The van der Waals surface area contributed by atoms with Gasteiger partial charge < -0.3 is 9.47 Å². The van der Waals surface area contributed by atoms with Gasteiger partial charge in [-0.05, 0) is 53.1 Å². The van der Waals surface area contributed by atoms with Gasteiger partial charge in [-0.25, -0.2) is 0 Å². The summed E-state index contributed by atoms with van der Waals surface area (Å²) >= 11 is 3.21. The molecule has 1 unspecified atom stereocenters. The van der Waals surface area contributed by atoms with Gasteiger partial charge in [0.25, 0.3) is 0 Å². The molecule has 0 N–H and O–H groups in total. The minimum Gasteiger partial charge on any atom is -0.346 e. The minimum atomic E-state index is -5.13. The molecule has 224 valence electrons. The molecule has 0 heterocycles. The normalized spacial score (nSPS) is 14.0. The average molecular weight is 669 g/mol. The number of rotatable bonds is 8. The van der Waals surface area contributed by atoms with E-state index in [1.165, 1.54) is 12.1 Å². The molecule has 0 aliphatic carbocycles. The summed E-state index contributed by atoms with van der Waals surface area (Å²) in [6, 6.07) is 9.29. The molecule has 0 saturated carbocycles. The fourth-order valence-electron chi connectivity index (χ4n) is 3.57. The maximum absolute atomic E-state index is 13.2. The Kier molecular flexibility index (Phi) is 9.75. The van der Waals surface area contributed by atoms with Gasteiger partial charge >= 0.3 is 24.7 Å². The highest BCUT2D eigenvalue weighted by Crippen LogP contribution is 2.39. The van der Waals surface area contributed by atoms with Gasteiger partial charge in [-0.2, -0.15) is 52.7 Å². The Bertz CT molecular complexity index is 1170. The van der Waals surface area contributed by atoms with Crippen molar-refractivity contribution in [2.45, 2.75) is 49.0 Å². The zero-order chi connectivity index (χ0) is 30.8. The lowest BCUT2D eigenvalue weighted by Gasteiger charge is -2.25. The maximum atomic E-state index is 13.2. The van der Waals surface area contributed by atoms with E-state index in [-0.39, 0.29) is 12.1 Å². The van der Waals surface area contributed by atoms with E-state index in [2.05, 4.69) is 15.9 Å². The molecule has 0 amide bonds. The predicted octanol–water partition coefficient (Wildman–Crippen LogP) is 9.96. The van der Waals surface area contributed by atoms with Gasteiger partial charge in [0, 0.05) is 0 Å². The summed E-state index contributed by atoms with van der Waals surface area (Å²) in [5, 5.41) is 0. The number of halogens is 13. The zero-order valence-electron chi connectivity index (χ0n) is 20.1. The van der Waals surface area contributed by atoms with Gasteiger partial charge in [-0.1, -0.05) is 46.3 Å². The van der Waals surface area contributed by atoms with Crippen molar-refractivity contribution in [1.29, 1.82) is 0 Å². The standard InChI is InChI=1S/C26H17BrF12O2/c27-21(16-4-2-1-3-5-16)22(40-12-14-6-17(23(28,29)30)10-18(7-14)24(31,32)33)41-13-15-8-19(25(34,35)36)11-20(9-15)26(37,38)39/h1-11,21-22H,12-13H2. The Hall–Kier alpha value is -2.78. The van der Waals surface area contributed by atoms with E-state index in [1.54, 1.807) is 18.2 Å². The minimum absolute atomic E-state index is 0.0827. The molecular weight excluding hydrogens is 652 g/mol. The summed E-state index contributed by atoms with van der Waals surface area (Å²) in [4.78, 5) is -0.996. The van der Waals surface area contributed by atoms with Crippen LogP contribution in [0.15, 0.2) is 66.7 Å². The molecule has 0 fully saturated rings. The Labute approximate surface area is 233 Å². The second-order valence-electron chi connectivity index (χ2n) is 8.63. The lowest BCUT2D eigenvalue weighted by atomic mass is 10.0. The molecule has 0 aliphatic heterocycles. The van der Waals surface area contributed by atoms with Crippen molar-refractivity contribution in [2.75, 3.05) is 0 Å². The zero-order valence-corrected chi connectivity index (χ0v) is 21.7. The van der Waals surface area contributed by atoms with E-state index in [0.29, 0.717) is 29.8 Å². The van der Waals surface area contributed by atoms with Crippen LogP contribution in [0.3, 0.4) is 0 Å². The van der Waals surface area contributed by atoms with Crippen molar-refractivity contribution in [3.05, 3.63) is 106 Å². The largest absolute Gasteiger partial charge is 0.416 e. The summed E-state index contributed by atoms with van der Waals surface area (Å²) in [6.07, 6.45) is -22.1. The summed E-state index contributed by atoms with van der Waals surface area (Å²) in [6.45, 7) is -1.77. The van der Waals surface area contributed by atoms with E-state index >= 15 is 0 Å².